The quantitative estimate of drug-likeness (QED) is 0.834. The SMILES string of the molecule is c1csc(CN2CCO[C@H]3[C@H](OCC4CC4)CC[C@@H]32)n1. The van der Waals surface area contributed by atoms with Crippen LogP contribution in [0.5, 0.6) is 0 Å². The zero-order valence-electron chi connectivity index (χ0n) is 11.7. The Bertz CT molecular complexity index is 435. The lowest BCUT2D eigenvalue weighted by molar-refractivity contribution is -0.116. The molecule has 5 heteroatoms. The highest BCUT2D eigenvalue weighted by molar-refractivity contribution is 7.09. The smallest absolute Gasteiger partial charge is 0.107 e. The van der Waals surface area contributed by atoms with E-state index in [-0.39, 0.29) is 6.10 Å². The van der Waals surface area contributed by atoms with Crippen LogP contribution in [0.3, 0.4) is 0 Å². The minimum Gasteiger partial charge on any atom is -0.375 e. The highest BCUT2D eigenvalue weighted by atomic mass is 32.1. The van der Waals surface area contributed by atoms with Crippen LogP contribution in [0.25, 0.3) is 0 Å². The molecule has 4 rings (SSSR count). The Kier molecular flexibility index (Phi) is 3.77. The van der Waals surface area contributed by atoms with Crippen LogP contribution in [0.15, 0.2) is 11.6 Å². The van der Waals surface area contributed by atoms with E-state index in [1.165, 1.54) is 24.3 Å². The van der Waals surface area contributed by atoms with Gasteiger partial charge in [-0.1, -0.05) is 0 Å². The maximum absolute atomic E-state index is 6.12. The van der Waals surface area contributed by atoms with Crippen molar-refractivity contribution in [2.75, 3.05) is 19.8 Å². The molecule has 3 fully saturated rings. The fourth-order valence-corrected chi connectivity index (χ4v) is 4.06. The number of rotatable bonds is 5. The van der Waals surface area contributed by atoms with Gasteiger partial charge in [0.05, 0.1) is 25.4 Å². The molecule has 20 heavy (non-hydrogen) atoms. The lowest BCUT2D eigenvalue weighted by atomic mass is 10.1. The molecule has 4 nitrogen and oxygen atoms in total. The molecule has 0 N–H and O–H groups in total. The van der Waals surface area contributed by atoms with Gasteiger partial charge in [0.25, 0.3) is 0 Å². The second-order valence-corrected chi connectivity index (χ2v) is 7.17. The fraction of sp³-hybridized carbons (Fsp3) is 0.800. The molecule has 2 saturated carbocycles. The highest BCUT2D eigenvalue weighted by Crippen LogP contribution is 2.35. The molecule has 3 atom stereocenters. The zero-order valence-corrected chi connectivity index (χ0v) is 12.6. The molecular weight excluding hydrogens is 272 g/mol. The van der Waals surface area contributed by atoms with Crippen molar-refractivity contribution in [1.82, 2.24) is 9.88 Å². The van der Waals surface area contributed by atoms with Crippen molar-refractivity contribution in [1.29, 1.82) is 0 Å². The van der Waals surface area contributed by atoms with Gasteiger partial charge in [-0.3, -0.25) is 4.90 Å². The number of hydrogen-bond acceptors (Lipinski definition) is 5. The van der Waals surface area contributed by atoms with E-state index >= 15 is 0 Å². The number of fused-ring (bicyclic) bond motifs is 1. The van der Waals surface area contributed by atoms with E-state index in [1.54, 1.807) is 11.3 Å². The summed E-state index contributed by atoms with van der Waals surface area (Å²) in [6, 6.07) is 0.525. The van der Waals surface area contributed by atoms with E-state index in [1.807, 2.05) is 6.20 Å². The number of thiazole rings is 1. The zero-order chi connectivity index (χ0) is 13.4. The maximum atomic E-state index is 6.12. The Labute approximate surface area is 124 Å². The molecule has 1 aromatic rings. The van der Waals surface area contributed by atoms with Crippen LogP contribution < -0.4 is 0 Å². The molecule has 1 aromatic heterocycles. The Hall–Kier alpha value is -0.490. The van der Waals surface area contributed by atoms with Crippen LogP contribution in [0.2, 0.25) is 0 Å². The minimum absolute atomic E-state index is 0.280. The molecule has 0 unspecified atom stereocenters. The van der Waals surface area contributed by atoms with Gasteiger partial charge in [0.1, 0.15) is 5.01 Å². The van der Waals surface area contributed by atoms with Gasteiger partial charge in [0, 0.05) is 30.8 Å². The third kappa shape index (κ3) is 2.77. The van der Waals surface area contributed by atoms with Gasteiger partial charge in [-0.2, -0.15) is 0 Å². The molecule has 0 spiro atoms. The van der Waals surface area contributed by atoms with Gasteiger partial charge in [0.15, 0.2) is 0 Å². The lowest BCUT2D eigenvalue weighted by Gasteiger charge is -2.38. The van der Waals surface area contributed by atoms with E-state index < -0.39 is 0 Å². The summed E-state index contributed by atoms with van der Waals surface area (Å²) in [5.74, 6) is 0.837. The molecule has 0 bridgehead atoms. The van der Waals surface area contributed by atoms with Crippen molar-refractivity contribution in [3.8, 4) is 0 Å². The standard InChI is InChI=1S/C15H22N2O2S/c1-2-11(1)10-19-13-4-3-12-15(13)18-7-6-17(12)9-14-16-5-8-20-14/h5,8,11-13,15H,1-4,6-7,9-10H2/t12-,13+,15+/m0/s1. The number of nitrogens with zero attached hydrogens (tertiary/aromatic N) is 2. The van der Waals surface area contributed by atoms with Crippen LogP contribution in [-0.2, 0) is 16.0 Å². The van der Waals surface area contributed by atoms with Crippen molar-refractivity contribution >= 4 is 11.3 Å². The summed E-state index contributed by atoms with van der Waals surface area (Å²) in [5.41, 5.74) is 0. The minimum atomic E-state index is 0.280. The Morgan fingerprint density at radius 1 is 1.35 bits per heavy atom. The number of aromatic nitrogens is 1. The molecule has 3 aliphatic rings. The van der Waals surface area contributed by atoms with Crippen molar-refractivity contribution in [2.24, 2.45) is 5.92 Å². The molecule has 0 aromatic carbocycles. The summed E-state index contributed by atoms with van der Waals surface area (Å²) < 4.78 is 12.1. The number of hydrogen-bond donors (Lipinski definition) is 0. The average Bonchev–Trinajstić information content (AvgIpc) is 2.98. The number of ether oxygens (including phenoxy) is 2. The summed E-state index contributed by atoms with van der Waals surface area (Å²) in [5, 5.41) is 3.27. The normalized spacial score (nSPS) is 34.3. The molecule has 0 radical (unpaired) electrons. The van der Waals surface area contributed by atoms with Crippen molar-refractivity contribution in [2.45, 2.75) is 50.5 Å². The highest BCUT2D eigenvalue weighted by Gasteiger charge is 2.43. The largest absolute Gasteiger partial charge is 0.375 e. The van der Waals surface area contributed by atoms with Crippen LogP contribution >= 0.6 is 11.3 Å². The molecule has 0 amide bonds. The third-order valence-corrected chi connectivity index (χ3v) is 5.48. The van der Waals surface area contributed by atoms with Gasteiger partial charge in [0.2, 0.25) is 0 Å². The molecule has 2 aliphatic carbocycles. The Morgan fingerprint density at radius 3 is 3.10 bits per heavy atom. The van der Waals surface area contributed by atoms with E-state index in [9.17, 15) is 0 Å². The van der Waals surface area contributed by atoms with Crippen LogP contribution in [0, 0.1) is 5.92 Å². The topological polar surface area (TPSA) is 34.6 Å². The van der Waals surface area contributed by atoms with E-state index in [2.05, 4.69) is 15.3 Å². The predicted octanol–water partition coefficient (Wildman–Crippen LogP) is 2.30. The van der Waals surface area contributed by atoms with Crippen molar-refractivity contribution in [3.63, 3.8) is 0 Å². The van der Waals surface area contributed by atoms with E-state index in [4.69, 9.17) is 9.47 Å². The molecule has 1 aliphatic heterocycles. The second kappa shape index (κ2) is 5.72. The Balaban J connectivity index is 1.37. The lowest BCUT2D eigenvalue weighted by Crippen LogP contribution is -2.51. The predicted molar refractivity (Wildman–Crippen MR) is 77.8 cm³/mol. The van der Waals surface area contributed by atoms with Crippen molar-refractivity contribution in [3.05, 3.63) is 16.6 Å². The van der Waals surface area contributed by atoms with E-state index in [0.29, 0.717) is 12.1 Å². The Morgan fingerprint density at radius 2 is 2.30 bits per heavy atom. The van der Waals surface area contributed by atoms with Gasteiger partial charge < -0.3 is 9.47 Å². The first-order valence-corrected chi connectivity index (χ1v) is 8.64. The summed E-state index contributed by atoms with van der Waals surface area (Å²) in [6.07, 6.45) is 7.56. The average molecular weight is 294 g/mol. The monoisotopic (exact) mass is 294 g/mol. The molecule has 1 saturated heterocycles. The van der Waals surface area contributed by atoms with Gasteiger partial charge in [-0.05, 0) is 31.6 Å². The molecule has 2 heterocycles. The summed E-state index contributed by atoms with van der Waals surface area (Å²) >= 11 is 1.75. The van der Waals surface area contributed by atoms with Gasteiger partial charge in [-0.25, -0.2) is 4.98 Å². The molecule has 110 valence electrons. The van der Waals surface area contributed by atoms with Crippen LogP contribution in [0.4, 0.5) is 0 Å². The number of morpholine rings is 1. The van der Waals surface area contributed by atoms with E-state index in [0.717, 1.165) is 38.6 Å². The van der Waals surface area contributed by atoms with Crippen LogP contribution in [0.1, 0.15) is 30.7 Å². The first-order chi connectivity index (χ1) is 9.90. The molecular formula is C15H22N2O2S. The van der Waals surface area contributed by atoms with Crippen LogP contribution in [-0.4, -0.2) is 47.9 Å². The fourth-order valence-electron chi connectivity index (χ4n) is 3.42. The third-order valence-electron chi connectivity index (χ3n) is 4.72. The maximum Gasteiger partial charge on any atom is 0.107 e. The van der Waals surface area contributed by atoms with Gasteiger partial charge in [-0.15, -0.1) is 11.3 Å². The van der Waals surface area contributed by atoms with Crippen molar-refractivity contribution < 1.29 is 9.47 Å². The summed E-state index contributed by atoms with van der Waals surface area (Å²) in [6.45, 7) is 3.77. The first-order valence-electron chi connectivity index (χ1n) is 7.76. The summed E-state index contributed by atoms with van der Waals surface area (Å²) in [7, 11) is 0. The second-order valence-electron chi connectivity index (χ2n) is 6.19. The summed E-state index contributed by atoms with van der Waals surface area (Å²) in [4.78, 5) is 6.97. The van der Waals surface area contributed by atoms with Gasteiger partial charge >= 0.3 is 0 Å². The first kappa shape index (κ1) is 13.2.